The summed E-state index contributed by atoms with van der Waals surface area (Å²) in [6.07, 6.45) is 0.832. The van der Waals surface area contributed by atoms with E-state index in [0.717, 1.165) is 6.42 Å². The van der Waals surface area contributed by atoms with E-state index in [9.17, 15) is 9.59 Å². The number of hydrogen-bond acceptors (Lipinski definition) is 3. The number of carbonyl (C=O) groups is 2. The molecule has 0 aliphatic carbocycles. The fraction of sp³-hybridized carbons (Fsp3) is 0.429. The molecule has 0 N–H and O–H groups in total. The number of cyclic esters (lactones) is 1. The minimum Gasteiger partial charge on any atom is -0.443 e. The van der Waals surface area contributed by atoms with Gasteiger partial charge in [0, 0.05) is 5.56 Å². The Morgan fingerprint density at radius 3 is 2.72 bits per heavy atom. The lowest BCUT2D eigenvalue weighted by molar-refractivity contribution is -0.140. The molecule has 96 valence electrons. The smallest absolute Gasteiger partial charge is 0.331 e. The predicted molar refractivity (Wildman–Crippen MR) is 66.8 cm³/mol. The summed E-state index contributed by atoms with van der Waals surface area (Å²) in [4.78, 5) is 25.5. The van der Waals surface area contributed by atoms with Gasteiger partial charge >= 0.3 is 5.97 Å². The zero-order chi connectivity index (χ0) is 13.1. The van der Waals surface area contributed by atoms with Crippen LogP contribution < -0.4 is 0 Å². The molecule has 1 saturated heterocycles. The molecule has 1 aromatic rings. The number of nitrogens with zero attached hydrogens (tertiary/aromatic N) is 1. The van der Waals surface area contributed by atoms with Gasteiger partial charge < -0.3 is 4.74 Å². The number of benzene rings is 1. The van der Waals surface area contributed by atoms with E-state index in [2.05, 4.69) is 0 Å². The number of rotatable bonds is 3. The number of ether oxygens (including phenoxy) is 1. The first kappa shape index (κ1) is 12.6. The molecule has 0 radical (unpaired) electrons. The Morgan fingerprint density at radius 2 is 2.11 bits per heavy atom. The zero-order valence-corrected chi connectivity index (χ0v) is 10.6. The summed E-state index contributed by atoms with van der Waals surface area (Å²) < 4.78 is 5.01. The summed E-state index contributed by atoms with van der Waals surface area (Å²) >= 11 is 0. The Balaban J connectivity index is 2.22. The van der Waals surface area contributed by atoms with Gasteiger partial charge in [0.15, 0.2) is 6.73 Å². The standard InChI is InChI=1S/C14H17NO3/c1-3-10(2)12-14(17)18-9-15(12)13(16)11-7-5-4-6-8-11/h4-8,10,12H,3,9H2,1-2H3/t10-,12-/m0/s1. The molecular weight excluding hydrogens is 230 g/mol. The van der Waals surface area contributed by atoms with Gasteiger partial charge in [-0.3, -0.25) is 9.69 Å². The highest BCUT2D eigenvalue weighted by Crippen LogP contribution is 2.23. The van der Waals surface area contributed by atoms with Crippen LogP contribution in [0.5, 0.6) is 0 Å². The quantitative estimate of drug-likeness (QED) is 0.768. The third-order valence-electron chi connectivity index (χ3n) is 3.39. The van der Waals surface area contributed by atoms with E-state index in [1.165, 1.54) is 4.90 Å². The first-order valence-electron chi connectivity index (χ1n) is 6.17. The van der Waals surface area contributed by atoms with E-state index < -0.39 is 6.04 Å². The highest BCUT2D eigenvalue weighted by Gasteiger charge is 2.40. The highest BCUT2D eigenvalue weighted by molar-refractivity contribution is 5.97. The van der Waals surface area contributed by atoms with Gasteiger partial charge in [0.25, 0.3) is 5.91 Å². The average molecular weight is 247 g/mol. The van der Waals surface area contributed by atoms with Crippen molar-refractivity contribution in [2.45, 2.75) is 26.3 Å². The monoisotopic (exact) mass is 247 g/mol. The number of hydrogen-bond donors (Lipinski definition) is 0. The van der Waals surface area contributed by atoms with E-state index >= 15 is 0 Å². The molecule has 4 heteroatoms. The third kappa shape index (κ3) is 2.23. The lowest BCUT2D eigenvalue weighted by atomic mass is 9.98. The van der Waals surface area contributed by atoms with Crippen LogP contribution in [0, 0.1) is 5.92 Å². The van der Waals surface area contributed by atoms with Crippen LogP contribution in [0.4, 0.5) is 0 Å². The maximum absolute atomic E-state index is 12.3. The molecule has 1 heterocycles. The van der Waals surface area contributed by atoms with Crippen molar-refractivity contribution in [3.05, 3.63) is 35.9 Å². The van der Waals surface area contributed by atoms with Crippen molar-refractivity contribution in [1.82, 2.24) is 4.90 Å². The Morgan fingerprint density at radius 1 is 1.44 bits per heavy atom. The van der Waals surface area contributed by atoms with Crippen LogP contribution in [0.2, 0.25) is 0 Å². The molecule has 0 bridgehead atoms. The predicted octanol–water partition coefficient (Wildman–Crippen LogP) is 2.06. The molecule has 2 atom stereocenters. The molecule has 2 rings (SSSR count). The van der Waals surface area contributed by atoms with E-state index in [4.69, 9.17) is 4.74 Å². The second-order valence-electron chi connectivity index (χ2n) is 4.56. The highest BCUT2D eigenvalue weighted by atomic mass is 16.6. The lowest BCUT2D eigenvalue weighted by Crippen LogP contribution is -2.42. The minimum atomic E-state index is -0.456. The van der Waals surface area contributed by atoms with Gasteiger partial charge in [-0.05, 0) is 18.1 Å². The van der Waals surface area contributed by atoms with Crippen molar-refractivity contribution in [2.75, 3.05) is 6.73 Å². The topological polar surface area (TPSA) is 46.6 Å². The summed E-state index contributed by atoms with van der Waals surface area (Å²) in [5.41, 5.74) is 0.587. The van der Waals surface area contributed by atoms with Crippen LogP contribution in [0.3, 0.4) is 0 Å². The molecule has 1 aromatic carbocycles. The normalized spacial score (nSPS) is 20.7. The van der Waals surface area contributed by atoms with Crippen molar-refractivity contribution in [1.29, 1.82) is 0 Å². The maximum Gasteiger partial charge on any atom is 0.331 e. The first-order valence-corrected chi connectivity index (χ1v) is 6.17. The minimum absolute atomic E-state index is 0.0571. The van der Waals surface area contributed by atoms with Crippen LogP contribution in [-0.4, -0.2) is 29.5 Å². The molecule has 4 nitrogen and oxygen atoms in total. The van der Waals surface area contributed by atoms with Crippen LogP contribution in [0.1, 0.15) is 30.6 Å². The molecule has 1 amide bonds. The zero-order valence-electron chi connectivity index (χ0n) is 10.6. The van der Waals surface area contributed by atoms with Crippen molar-refractivity contribution in [3.8, 4) is 0 Å². The third-order valence-corrected chi connectivity index (χ3v) is 3.39. The molecular formula is C14H17NO3. The van der Waals surface area contributed by atoms with Crippen LogP contribution in [-0.2, 0) is 9.53 Å². The Bertz CT molecular complexity index is 444. The molecule has 1 aliphatic rings. The molecule has 0 aromatic heterocycles. The lowest BCUT2D eigenvalue weighted by Gasteiger charge is -2.24. The van der Waals surface area contributed by atoms with Crippen LogP contribution >= 0.6 is 0 Å². The molecule has 0 saturated carbocycles. The Hall–Kier alpha value is -1.84. The average Bonchev–Trinajstić information content (AvgIpc) is 2.80. The second-order valence-corrected chi connectivity index (χ2v) is 4.56. The van der Waals surface area contributed by atoms with Crippen molar-refractivity contribution < 1.29 is 14.3 Å². The molecule has 1 fully saturated rings. The summed E-state index contributed by atoms with van der Waals surface area (Å²) in [6.45, 7) is 4.02. The van der Waals surface area contributed by atoms with E-state index in [0.29, 0.717) is 5.56 Å². The van der Waals surface area contributed by atoms with Gasteiger partial charge in [-0.25, -0.2) is 4.79 Å². The molecule has 0 unspecified atom stereocenters. The summed E-state index contributed by atoms with van der Waals surface area (Å²) in [5, 5.41) is 0. The largest absolute Gasteiger partial charge is 0.443 e. The maximum atomic E-state index is 12.3. The molecule has 0 spiro atoms. The van der Waals surface area contributed by atoms with Gasteiger partial charge in [-0.1, -0.05) is 38.5 Å². The van der Waals surface area contributed by atoms with Gasteiger partial charge in [0.2, 0.25) is 0 Å². The number of carbonyl (C=O) groups excluding carboxylic acids is 2. The second kappa shape index (κ2) is 5.21. The van der Waals surface area contributed by atoms with Gasteiger partial charge in [-0.15, -0.1) is 0 Å². The molecule has 18 heavy (non-hydrogen) atoms. The first-order chi connectivity index (χ1) is 8.65. The fourth-order valence-electron chi connectivity index (χ4n) is 2.12. The number of esters is 1. The Labute approximate surface area is 107 Å². The van der Waals surface area contributed by atoms with Crippen molar-refractivity contribution >= 4 is 11.9 Å². The van der Waals surface area contributed by atoms with E-state index in [-0.39, 0.29) is 24.5 Å². The summed E-state index contributed by atoms with van der Waals surface area (Å²) in [5.74, 6) is -0.340. The van der Waals surface area contributed by atoms with Crippen LogP contribution in [0.15, 0.2) is 30.3 Å². The van der Waals surface area contributed by atoms with Crippen molar-refractivity contribution in [3.63, 3.8) is 0 Å². The summed E-state index contributed by atoms with van der Waals surface area (Å²) in [7, 11) is 0. The number of amides is 1. The van der Waals surface area contributed by atoms with Gasteiger partial charge in [0.05, 0.1) is 0 Å². The Kier molecular flexibility index (Phi) is 3.65. The van der Waals surface area contributed by atoms with Crippen LogP contribution in [0.25, 0.3) is 0 Å². The fourth-order valence-corrected chi connectivity index (χ4v) is 2.12. The van der Waals surface area contributed by atoms with Gasteiger partial charge in [0.1, 0.15) is 6.04 Å². The van der Waals surface area contributed by atoms with Crippen molar-refractivity contribution in [2.24, 2.45) is 5.92 Å². The SMILES string of the molecule is CC[C@H](C)[C@H]1C(=O)OCN1C(=O)c1ccccc1. The van der Waals surface area contributed by atoms with Gasteiger partial charge in [-0.2, -0.15) is 0 Å². The van der Waals surface area contributed by atoms with E-state index in [1.54, 1.807) is 12.1 Å². The van der Waals surface area contributed by atoms with E-state index in [1.807, 2.05) is 32.0 Å². The molecule has 1 aliphatic heterocycles. The summed E-state index contributed by atoms with van der Waals surface area (Å²) in [6, 6.07) is 8.52.